The van der Waals surface area contributed by atoms with E-state index >= 15 is 0 Å². The van der Waals surface area contributed by atoms with Crippen LogP contribution in [0, 0.1) is 6.92 Å². The van der Waals surface area contributed by atoms with Crippen molar-refractivity contribution in [3.63, 3.8) is 0 Å². The molecule has 4 rings (SSSR count). The summed E-state index contributed by atoms with van der Waals surface area (Å²) in [6.07, 6.45) is 0. The fourth-order valence-corrected chi connectivity index (χ4v) is 4.62. The molecule has 8 heteroatoms. The molecule has 1 aromatic heterocycles. The predicted octanol–water partition coefficient (Wildman–Crippen LogP) is 6.30. The van der Waals surface area contributed by atoms with Crippen LogP contribution in [0.25, 0.3) is 0 Å². The fraction of sp³-hybridized carbons (Fsp3) is 0.0952. The van der Waals surface area contributed by atoms with Gasteiger partial charge in [-0.1, -0.05) is 52.6 Å². The molecule has 0 saturated carbocycles. The Balaban J connectivity index is 1.70. The van der Waals surface area contributed by atoms with Crippen molar-refractivity contribution in [2.45, 2.75) is 23.4 Å². The first-order valence-corrected chi connectivity index (χ1v) is 10.5. The van der Waals surface area contributed by atoms with Gasteiger partial charge in [0.2, 0.25) is 0 Å². The summed E-state index contributed by atoms with van der Waals surface area (Å²) < 4.78 is 0. The normalized spacial score (nSPS) is 13.2. The summed E-state index contributed by atoms with van der Waals surface area (Å²) in [6, 6.07) is 13.8. The largest absolute Gasteiger partial charge is 0.270 e. The van der Waals surface area contributed by atoms with Crippen molar-refractivity contribution in [2.24, 2.45) is 0 Å². The Morgan fingerprint density at radius 2 is 1.62 bits per heavy atom. The zero-order valence-corrected chi connectivity index (χ0v) is 18.2. The summed E-state index contributed by atoms with van der Waals surface area (Å²) in [7, 11) is 0. The fourth-order valence-electron chi connectivity index (χ4n) is 3.04. The van der Waals surface area contributed by atoms with Crippen molar-refractivity contribution < 1.29 is 9.59 Å². The van der Waals surface area contributed by atoms with Gasteiger partial charge in [0.1, 0.15) is 5.03 Å². The van der Waals surface area contributed by atoms with Gasteiger partial charge in [0.15, 0.2) is 0 Å². The number of rotatable bonds is 4. The molecule has 2 heterocycles. The maximum Gasteiger partial charge on any atom is 0.264 e. The van der Waals surface area contributed by atoms with Crippen LogP contribution in [0.1, 0.15) is 32.0 Å². The van der Waals surface area contributed by atoms with Gasteiger partial charge >= 0.3 is 0 Å². The number of pyridine rings is 1. The first-order valence-electron chi connectivity index (χ1n) is 8.58. The highest BCUT2D eigenvalue weighted by atomic mass is 35.5. The topological polar surface area (TPSA) is 50.3 Å². The molecule has 146 valence electrons. The first-order chi connectivity index (χ1) is 13.8. The van der Waals surface area contributed by atoms with Crippen LogP contribution in [-0.4, -0.2) is 21.7 Å². The number of aromatic nitrogens is 1. The van der Waals surface area contributed by atoms with Crippen molar-refractivity contribution in [3.8, 4) is 0 Å². The molecule has 0 spiro atoms. The number of carbonyl (C=O) groups is 2. The van der Waals surface area contributed by atoms with E-state index in [0.717, 1.165) is 4.90 Å². The van der Waals surface area contributed by atoms with E-state index in [0.29, 0.717) is 42.5 Å². The van der Waals surface area contributed by atoms with Crippen LogP contribution in [0.15, 0.2) is 58.5 Å². The zero-order chi connectivity index (χ0) is 20.7. The Morgan fingerprint density at radius 3 is 2.31 bits per heavy atom. The van der Waals surface area contributed by atoms with Crippen LogP contribution in [0.4, 0.5) is 0 Å². The summed E-state index contributed by atoms with van der Waals surface area (Å²) in [5.41, 5.74) is 1.96. The summed E-state index contributed by atoms with van der Waals surface area (Å²) in [5.74, 6) is -0.751. The van der Waals surface area contributed by atoms with Gasteiger partial charge in [-0.05, 0) is 55.0 Å². The van der Waals surface area contributed by atoms with E-state index in [4.69, 9.17) is 34.8 Å². The quantitative estimate of drug-likeness (QED) is 0.426. The van der Waals surface area contributed by atoms with Crippen molar-refractivity contribution in [3.05, 3.63) is 86.0 Å². The Bertz CT molecular complexity index is 1150. The molecule has 1 aliphatic heterocycles. The number of nitrogens with zero attached hydrogens (tertiary/aromatic N) is 2. The van der Waals surface area contributed by atoms with Gasteiger partial charge in [-0.15, -0.1) is 0 Å². The molecule has 0 unspecified atom stereocenters. The molecule has 2 amide bonds. The van der Waals surface area contributed by atoms with Gasteiger partial charge in [-0.25, -0.2) is 4.98 Å². The maximum atomic E-state index is 13.1. The van der Waals surface area contributed by atoms with Crippen molar-refractivity contribution in [2.75, 3.05) is 0 Å². The molecule has 0 N–H and O–H groups in total. The van der Waals surface area contributed by atoms with Crippen LogP contribution in [-0.2, 0) is 6.54 Å². The molecule has 0 atom stereocenters. The van der Waals surface area contributed by atoms with Crippen LogP contribution < -0.4 is 0 Å². The molecule has 0 fully saturated rings. The van der Waals surface area contributed by atoms with E-state index in [9.17, 15) is 9.59 Å². The van der Waals surface area contributed by atoms with Crippen LogP contribution >= 0.6 is 46.6 Å². The molecule has 0 aliphatic carbocycles. The standard InChI is InChI=1S/C21H13Cl3N2O2S/c1-11-8-16-18(19(25-11)29-15-6-4-13(22)5-7-15)21(28)26(20(16)27)10-12-2-3-14(23)9-17(12)24/h2-9H,10H2,1H3. The minimum absolute atomic E-state index is 0.0620. The lowest BCUT2D eigenvalue weighted by atomic mass is 10.1. The lowest BCUT2D eigenvalue weighted by Gasteiger charge is -2.15. The van der Waals surface area contributed by atoms with Crippen LogP contribution in [0.3, 0.4) is 0 Å². The second-order valence-electron chi connectivity index (χ2n) is 6.48. The molecule has 3 aromatic rings. The summed E-state index contributed by atoms with van der Waals surface area (Å²) in [4.78, 5) is 32.7. The first kappa shape index (κ1) is 20.2. The molecule has 1 aliphatic rings. The summed E-state index contributed by atoms with van der Waals surface area (Å²) in [5, 5.41) is 2.00. The van der Waals surface area contributed by atoms with E-state index in [-0.39, 0.29) is 18.4 Å². The highest BCUT2D eigenvalue weighted by molar-refractivity contribution is 7.99. The number of fused-ring (bicyclic) bond motifs is 1. The SMILES string of the molecule is Cc1cc2c(c(Sc3ccc(Cl)cc3)n1)C(=O)N(Cc1ccc(Cl)cc1Cl)C2=O. The van der Waals surface area contributed by atoms with Gasteiger partial charge < -0.3 is 0 Å². The van der Waals surface area contributed by atoms with Gasteiger partial charge in [-0.2, -0.15) is 0 Å². The van der Waals surface area contributed by atoms with Gasteiger partial charge in [0.25, 0.3) is 11.8 Å². The third-order valence-corrected chi connectivity index (χ3v) is 6.26. The lowest BCUT2D eigenvalue weighted by molar-refractivity contribution is 0.0641. The number of benzene rings is 2. The molecule has 2 aromatic carbocycles. The van der Waals surface area contributed by atoms with E-state index in [1.165, 1.54) is 16.7 Å². The van der Waals surface area contributed by atoms with E-state index in [2.05, 4.69) is 4.98 Å². The Labute approximate surface area is 186 Å². The number of carbonyl (C=O) groups excluding carboxylic acids is 2. The van der Waals surface area contributed by atoms with Crippen LogP contribution in [0.2, 0.25) is 15.1 Å². The second kappa shape index (κ2) is 8.00. The molecule has 29 heavy (non-hydrogen) atoms. The number of halogens is 3. The summed E-state index contributed by atoms with van der Waals surface area (Å²) in [6.45, 7) is 1.86. The number of aryl methyl sites for hydroxylation is 1. The van der Waals surface area contributed by atoms with Crippen molar-refractivity contribution in [1.29, 1.82) is 0 Å². The van der Waals surface area contributed by atoms with E-state index in [1.807, 2.05) is 12.1 Å². The zero-order valence-electron chi connectivity index (χ0n) is 15.1. The highest BCUT2D eigenvalue weighted by Gasteiger charge is 2.39. The van der Waals surface area contributed by atoms with E-state index < -0.39 is 0 Å². The molecule has 0 bridgehead atoms. The monoisotopic (exact) mass is 462 g/mol. The molecular formula is C21H13Cl3N2O2S. The highest BCUT2D eigenvalue weighted by Crippen LogP contribution is 2.36. The third kappa shape index (κ3) is 4.01. The lowest BCUT2D eigenvalue weighted by Crippen LogP contribution is -2.29. The average molecular weight is 464 g/mol. The molecule has 0 saturated heterocycles. The number of hydrogen-bond acceptors (Lipinski definition) is 4. The molecule has 0 radical (unpaired) electrons. The summed E-state index contributed by atoms with van der Waals surface area (Å²) >= 11 is 19.4. The number of amides is 2. The van der Waals surface area contributed by atoms with Crippen LogP contribution in [0.5, 0.6) is 0 Å². The number of imide groups is 1. The maximum absolute atomic E-state index is 13.1. The minimum atomic E-state index is -0.389. The third-order valence-electron chi connectivity index (χ3n) is 4.42. The predicted molar refractivity (Wildman–Crippen MR) is 115 cm³/mol. The molecular weight excluding hydrogens is 451 g/mol. The smallest absolute Gasteiger partial charge is 0.264 e. The molecule has 4 nitrogen and oxygen atoms in total. The minimum Gasteiger partial charge on any atom is -0.270 e. The van der Waals surface area contributed by atoms with Crippen molar-refractivity contribution >= 4 is 58.4 Å². The van der Waals surface area contributed by atoms with Gasteiger partial charge in [0, 0.05) is 25.7 Å². The Kier molecular flexibility index (Phi) is 5.58. The Hall–Kier alpha value is -2.05. The Morgan fingerprint density at radius 1 is 0.931 bits per heavy atom. The van der Waals surface area contributed by atoms with Gasteiger partial charge in [0.05, 0.1) is 17.7 Å². The average Bonchev–Trinajstić information content (AvgIpc) is 2.90. The van der Waals surface area contributed by atoms with Gasteiger partial charge in [-0.3, -0.25) is 14.5 Å². The second-order valence-corrected chi connectivity index (χ2v) is 8.82. The van der Waals surface area contributed by atoms with Crippen molar-refractivity contribution in [1.82, 2.24) is 9.88 Å². The number of hydrogen-bond donors (Lipinski definition) is 0. The van der Waals surface area contributed by atoms with E-state index in [1.54, 1.807) is 43.3 Å².